The van der Waals surface area contributed by atoms with Crippen molar-refractivity contribution >= 4 is 94.3 Å². The van der Waals surface area contributed by atoms with Crippen LogP contribution in [0.15, 0.2) is 303 Å². The number of benzene rings is 14. The second-order valence-corrected chi connectivity index (χ2v) is 31.4. The van der Waals surface area contributed by atoms with Crippen LogP contribution in [0.2, 0.25) is 0 Å². The fraction of sp³-hybridized carbons (Fsp3) is 0.144. The quantitative estimate of drug-likeness (QED) is 0.101. The molecule has 4 heterocycles. The van der Waals surface area contributed by atoms with Gasteiger partial charge in [-0.3, -0.25) is 4.98 Å². The van der Waals surface area contributed by atoms with E-state index in [1.54, 1.807) is 0 Å². The summed E-state index contributed by atoms with van der Waals surface area (Å²) in [5, 5.41) is 10.1. The van der Waals surface area contributed by atoms with E-state index in [9.17, 15) is 0 Å². The highest BCUT2D eigenvalue weighted by Crippen LogP contribution is 2.51. The minimum atomic E-state index is -0.235. The minimum Gasteiger partial charge on any atom is -0.311 e. The highest BCUT2D eigenvalue weighted by atomic mass is 15.2. The summed E-state index contributed by atoms with van der Waals surface area (Å²) < 4.78 is 2.70. The Bertz CT molecular complexity index is 5840. The van der Waals surface area contributed by atoms with E-state index < -0.39 is 0 Å². The van der Waals surface area contributed by atoms with Crippen molar-refractivity contribution in [1.82, 2.24) is 9.55 Å². The lowest BCUT2D eigenvalue weighted by atomic mass is 9.33. The summed E-state index contributed by atoms with van der Waals surface area (Å²) in [5.41, 5.74) is 29.1. The Labute approximate surface area is 594 Å². The average Bonchev–Trinajstić information content (AvgIpc) is 1.59. The number of hydrogen-bond acceptors (Lipinski definition) is 2. The lowest BCUT2D eigenvalue weighted by Crippen LogP contribution is -2.60. The van der Waals surface area contributed by atoms with E-state index in [0.717, 1.165) is 44.9 Å². The van der Waals surface area contributed by atoms with Gasteiger partial charge in [0.15, 0.2) is 0 Å². The third kappa shape index (κ3) is 9.88. The fourth-order valence-corrected chi connectivity index (χ4v) is 17.1. The van der Waals surface area contributed by atoms with Crippen molar-refractivity contribution in [2.24, 2.45) is 0 Å². The summed E-state index contributed by atoms with van der Waals surface area (Å²) in [6.45, 7) is 23.2. The molecule has 16 aromatic rings. The summed E-state index contributed by atoms with van der Waals surface area (Å²) in [6.07, 6.45) is 2.04. The molecule has 0 bridgehead atoms. The zero-order chi connectivity index (χ0) is 68.8. The maximum atomic E-state index is 5.58. The van der Waals surface area contributed by atoms with Crippen molar-refractivity contribution < 1.29 is 0 Å². The average molecular weight is 1300 g/mol. The lowest BCUT2D eigenvalue weighted by Gasteiger charge is -2.41. The van der Waals surface area contributed by atoms with E-state index >= 15 is 0 Å². The van der Waals surface area contributed by atoms with Gasteiger partial charge < -0.3 is 9.47 Å². The number of fused-ring (bicyclic) bond motifs is 14. The van der Waals surface area contributed by atoms with Gasteiger partial charge in [-0.2, -0.15) is 0 Å². The fourth-order valence-electron chi connectivity index (χ4n) is 17.1. The molecule has 0 radical (unpaired) electrons. The van der Waals surface area contributed by atoms with E-state index in [1.807, 2.05) is 6.20 Å². The van der Waals surface area contributed by atoms with Crippen LogP contribution in [0.5, 0.6) is 0 Å². The summed E-state index contributed by atoms with van der Waals surface area (Å²) in [7, 11) is 0. The van der Waals surface area contributed by atoms with Crippen LogP contribution in [-0.4, -0.2) is 16.3 Å². The number of nitrogens with zero attached hydrogens (tertiary/aromatic N) is 3. The number of rotatable bonds is 10. The van der Waals surface area contributed by atoms with Gasteiger partial charge in [0.1, 0.15) is 0 Å². The maximum Gasteiger partial charge on any atom is 0.252 e. The Morgan fingerprint density at radius 1 is 0.307 bits per heavy atom. The summed E-state index contributed by atoms with van der Waals surface area (Å²) in [6, 6.07) is 113. The van der Waals surface area contributed by atoms with Gasteiger partial charge in [0, 0.05) is 72.6 Å². The molecule has 0 amide bonds. The molecule has 0 spiro atoms. The van der Waals surface area contributed by atoms with Crippen LogP contribution >= 0.6 is 0 Å². The van der Waals surface area contributed by atoms with Crippen molar-refractivity contribution in [3.05, 3.63) is 337 Å². The van der Waals surface area contributed by atoms with E-state index in [2.05, 4.69) is 376 Å². The standard InChI is InChI=1S/C97H80BN3/c1-94(2,3)66-46-49-72(50-47-66)100-84-52-48-71(95(4,5)6)60-82(84)98-83-57-64(74-33-21-20-32-73(74)61-26-14-11-15-27-61)56-81-90-85(53-51-80-78-36-23-22-34-76(78)77-35-24-25-37-79(77)89(80)90)101(93(81)83)87-59-65(58-86(100)91(87)98)88-75(62-38-42-69(43-39-62)96(7,8)67-28-16-12-17-29-67)54-55-99-92(88)63-40-44-70(45-41-63)97(9,10)68-30-18-13-19-31-68/h11-60H,1-10H3. The Morgan fingerprint density at radius 3 is 1.40 bits per heavy atom. The highest BCUT2D eigenvalue weighted by Gasteiger charge is 2.44. The summed E-state index contributed by atoms with van der Waals surface area (Å²) in [5.74, 6) is 0. The predicted octanol–water partition coefficient (Wildman–Crippen LogP) is 23.8. The van der Waals surface area contributed by atoms with E-state index in [1.165, 1.54) is 138 Å². The van der Waals surface area contributed by atoms with Gasteiger partial charge in [-0.1, -0.05) is 318 Å². The largest absolute Gasteiger partial charge is 0.311 e. The molecule has 0 saturated heterocycles. The molecule has 0 atom stereocenters. The van der Waals surface area contributed by atoms with Crippen molar-refractivity contribution in [3.63, 3.8) is 0 Å². The van der Waals surface area contributed by atoms with E-state index in [4.69, 9.17) is 4.98 Å². The van der Waals surface area contributed by atoms with Crippen LogP contribution in [0.1, 0.15) is 103 Å². The second kappa shape index (κ2) is 23.1. The molecular formula is C97H80BN3. The lowest BCUT2D eigenvalue weighted by molar-refractivity contribution is 0.590. The Hall–Kier alpha value is -11.3. The first-order valence-corrected chi connectivity index (χ1v) is 35.9. The molecule has 18 rings (SSSR count). The maximum absolute atomic E-state index is 5.58. The van der Waals surface area contributed by atoms with E-state index in [0.29, 0.717) is 0 Å². The number of aromatic nitrogens is 2. The number of hydrogen-bond donors (Lipinski definition) is 0. The van der Waals surface area contributed by atoms with Crippen molar-refractivity contribution in [2.75, 3.05) is 4.90 Å². The van der Waals surface area contributed by atoms with Crippen molar-refractivity contribution in [2.45, 2.75) is 90.9 Å². The van der Waals surface area contributed by atoms with Crippen LogP contribution in [0.4, 0.5) is 17.1 Å². The summed E-state index contributed by atoms with van der Waals surface area (Å²) >= 11 is 0. The van der Waals surface area contributed by atoms with Crippen molar-refractivity contribution in [3.8, 4) is 61.5 Å². The SMILES string of the molecule is CC(C)(C)c1ccc(N2c3ccc(C(C)(C)C)cc3B3c4c2cc(-c2c(-c5ccc(C(C)(C)c6ccccc6)cc5)ccnc2-c2ccc(C(C)(C)c5ccccc5)cc2)cc4-n2c4ccc5c6ccccc6c6ccccc6c5c4c4cc(-c5ccccc5-c5ccccc5)cc3c42)cc1. The first-order chi connectivity index (χ1) is 48.9. The molecule has 14 aromatic carbocycles. The zero-order valence-corrected chi connectivity index (χ0v) is 59.3. The Balaban J connectivity index is 0.993. The van der Waals surface area contributed by atoms with Gasteiger partial charge in [0.05, 0.1) is 11.2 Å². The first kappa shape index (κ1) is 62.0. The molecule has 4 heteroatoms. The van der Waals surface area contributed by atoms with Crippen LogP contribution < -0.4 is 21.3 Å². The van der Waals surface area contributed by atoms with Crippen molar-refractivity contribution in [1.29, 1.82) is 0 Å². The summed E-state index contributed by atoms with van der Waals surface area (Å²) in [4.78, 5) is 8.19. The van der Waals surface area contributed by atoms with Crippen LogP contribution in [0, 0.1) is 0 Å². The predicted molar refractivity (Wildman–Crippen MR) is 432 cm³/mol. The van der Waals surface area contributed by atoms with Gasteiger partial charge >= 0.3 is 0 Å². The van der Waals surface area contributed by atoms with Gasteiger partial charge in [-0.15, -0.1) is 0 Å². The molecule has 0 fully saturated rings. The molecule has 3 nitrogen and oxygen atoms in total. The van der Waals surface area contributed by atoms with Gasteiger partial charge in [0.25, 0.3) is 6.71 Å². The van der Waals surface area contributed by atoms with E-state index in [-0.39, 0.29) is 28.4 Å². The molecule has 0 N–H and O–H groups in total. The molecule has 0 aliphatic carbocycles. The second-order valence-electron chi connectivity index (χ2n) is 31.4. The van der Waals surface area contributed by atoms with Crippen LogP contribution in [0.3, 0.4) is 0 Å². The van der Waals surface area contributed by atoms with Gasteiger partial charge in [0.2, 0.25) is 0 Å². The topological polar surface area (TPSA) is 21.1 Å². The van der Waals surface area contributed by atoms with Crippen LogP contribution in [0.25, 0.3) is 116 Å². The third-order valence-electron chi connectivity index (χ3n) is 22.8. The monoisotopic (exact) mass is 1300 g/mol. The molecule has 486 valence electrons. The van der Waals surface area contributed by atoms with Gasteiger partial charge in [-0.25, -0.2) is 0 Å². The third-order valence-corrected chi connectivity index (χ3v) is 22.8. The number of pyridine rings is 1. The first-order valence-electron chi connectivity index (χ1n) is 35.9. The number of anilines is 3. The molecular weight excluding hydrogens is 1220 g/mol. The molecule has 2 aliphatic heterocycles. The van der Waals surface area contributed by atoms with Gasteiger partial charge in [-0.05, 0) is 175 Å². The smallest absolute Gasteiger partial charge is 0.252 e. The van der Waals surface area contributed by atoms with Crippen LogP contribution in [-0.2, 0) is 21.7 Å². The zero-order valence-electron chi connectivity index (χ0n) is 59.3. The molecule has 2 aliphatic rings. The molecule has 101 heavy (non-hydrogen) atoms. The minimum absolute atomic E-state index is 0.0502. The molecule has 0 saturated carbocycles. The Kier molecular flexibility index (Phi) is 14.2. The molecule has 0 unspecified atom stereocenters. The molecule has 2 aromatic heterocycles. The Morgan fingerprint density at radius 2 is 0.792 bits per heavy atom. The highest BCUT2D eigenvalue weighted by molar-refractivity contribution is 7.00. The normalized spacial score (nSPS) is 13.0.